The number of ketones is 1. The van der Waals surface area contributed by atoms with E-state index in [0.29, 0.717) is 4.88 Å². The number of nitriles is 1. The lowest BCUT2D eigenvalue weighted by Gasteiger charge is -2.16. The van der Waals surface area contributed by atoms with Gasteiger partial charge in [-0.2, -0.15) is 5.26 Å². The van der Waals surface area contributed by atoms with Crippen molar-refractivity contribution in [2.45, 2.75) is 12.6 Å². The first-order chi connectivity index (χ1) is 7.53. The van der Waals surface area contributed by atoms with Crippen molar-refractivity contribution < 1.29 is 13.9 Å². The van der Waals surface area contributed by atoms with E-state index in [1.54, 1.807) is 30.5 Å². The van der Waals surface area contributed by atoms with E-state index in [2.05, 4.69) is 0 Å². The molecule has 0 aromatic carbocycles. The summed E-state index contributed by atoms with van der Waals surface area (Å²) in [5.74, 6) is -0.420. The highest BCUT2D eigenvalue weighted by molar-refractivity contribution is 7.60. The molecule has 1 rings (SSSR count). The quantitative estimate of drug-likeness (QED) is 0.600. The summed E-state index contributed by atoms with van der Waals surface area (Å²) in [5, 5.41) is 10.7. The summed E-state index contributed by atoms with van der Waals surface area (Å²) in [6.45, 7) is 3.24. The van der Waals surface area contributed by atoms with Crippen LogP contribution in [-0.4, -0.2) is 24.7 Å². The molecule has 86 valence electrons. The van der Waals surface area contributed by atoms with Gasteiger partial charge >= 0.3 is 0 Å². The molecule has 0 radical (unpaired) electrons. The Labute approximate surface area is 98.3 Å². The fourth-order valence-electron chi connectivity index (χ4n) is 1.26. The second-order valence-corrected chi connectivity index (χ2v) is 6.74. The number of carbonyl (C=O) groups is 1. The summed E-state index contributed by atoms with van der Waals surface area (Å²) >= 11 is 1.23. The van der Waals surface area contributed by atoms with Crippen LogP contribution in [0.1, 0.15) is 16.6 Å². The Kier molecular flexibility index (Phi) is 4.43. The van der Waals surface area contributed by atoms with E-state index in [4.69, 9.17) is 9.79 Å². The van der Waals surface area contributed by atoms with Gasteiger partial charge in [0, 0.05) is 6.66 Å². The molecule has 0 N–H and O–H groups in total. The van der Waals surface area contributed by atoms with Gasteiger partial charge in [0.25, 0.3) is 0 Å². The summed E-state index contributed by atoms with van der Waals surface area (Å²) in [4.78, 5) is 12.3. The van der Waals surface area contributed by atoms with Crippen molar-refractivity contribution in [2.75, 3.05) is 13.3 Å². The topological polar surface area (TPSA) is 67.2 Å². The third-order valence-corrected chi connectivity index (χ3v) is 4.93. The van der Waals surface area contributed by atoms with Gasteiger partial charge in [-0.15, -0.1) is 11.3 Å². The molecular weight excluding hydrogens is 245 g/mol. The number of Topliss-reactive ketones (excluding diaryl/α,β-unsaturated/α-hetero) is 1. The number of carbonyl (C=O) groups excluding carboxylic acids is 1. The summed E-state index contributed by atoms with van der Waals surface area (Å²) in [5.41, 5.74) is -1.20. The highest BCUT2D eigenvalue weighted by Gasteiger charge is 2.36. The zero-order chi connectivity index (χ0) is 12.2. The Balaban J connectivity index is 2.97. The van der Waals surface area contributed by atoms with E-state index < -0.39 is 18.8 Å². The maximum Gasteiger partial charge on any atom is 0.224 e. The van der Waals surface area contributed by atoms with Crippen LogP contribution in [0.5, 0.6) is 0 Å². The molecule has 2 atom stereocenters. The predicted octanol–water partition coefficient (Wildman–Crippen LogP) is 2.77. The van der Waals surface area contributed by atoms with Gasteiger partial charge in [-0.3, -0.25) is 9.36 Å². The van der Waals surface area contributed by atoms with Crippen molar-refractivity contribution in [2.24, 2.45) is 0 Å². The van der Waals surface area contributed by atoms with Crippen LogP contribution < -0.4 is 0 Å². The fraction of sp³-hybridized carbons (Fsp3) is 0.400. The molecule has 0 bridgehead atoms. The first kappa shape index (κ1) is 13.1. The number of nitrogens with zero attached hydrogens (tertiary/aromatic N) is 1. The zero-order valence-corrected chi connectivity index (χ0v) is 10.8. The first-order valence-corrected chi connectivity index (χ1v) is 7.74. The van der Waals surface area contributed by atoms with Crippen molar-refractivity contribution in [3.63, 3.8) is 0 Å². The van der Waals surface area contributed by atoms with Crippen molar-refractivity contribution in [1.82, 2.24) is 0 Å². The largest absolute Gasteiger partial charge is 0.328 e. The molecule has 0 unspecified atom stereocenters. The van der Waals surface area contributed by atoms with Gasteiger partial charge in [-0.25, -0.2) is 0 Å². The van der Waals surface area contributed by atoms with Crippen LogP contribution in [0.2, 0.25) is 0 Å². The van der Waals surface area contributed by atoms with Gasteiger partial charge in [-0.05, 0) is 18.4 Å². The minimum Gasteiger partial charge on any atom is -0.328 e. The second kappa shape index (κ2) is 5.40. The lowest BCUT2D eigenvalue weighted by atomic mass is 10.2. The highest BCUT2D eigenvalue weighted by atomic mass is 32.1. The lowest BCUT2D eigenvalue weighted by Crippen LogP contribution is -2.19. The van der Waals surface area contributed by atoms with Crippen LogP contribution in [0, 0.1) is 11.3 Å². The molecule has 16 heavy (non-hydrogen) atoms. The van der Waals surface area contributed by atoms with Crippen LogP contribution >= 0.6 is 18.7 Å². The zero-order valence-electron chi connectivity index (χ0n) is 9.04. The van der Waals surface area contributed by atoms with E-state index in [1.165, 1.54) is 18.0 Å². The third-order valence-electron chi connectivity index (χ3n) is 1.99. The molecule has 1 aromatic heterocycles. The first-order valence-electron chi connectivity index (χ1n) is 4.72. The van der Waals surface area contributed by atoms with E-state index in [1.807, 2.05) is 0 Å². The van der Waals surface area contributed by atoms with E-state index in [0.717, 1.165) is 0 Å². The molecule has 6 heteroatoms. The fourth-order valence-corrected chi connectivity index (χ4v) is 3.48. The normalized spacial score (nSPS) is 16.1. The Morgan fingerprint density at radius 2 is 2.44 bits per heavy atom. The van der Waals surface area contributed by atoms with E-state index in [9.17, 15) is 9.36 Å². The third kappa shape index (κ3) is 2.79. The Bertz CT molecular complexity index is 449. The Hall–Kier alpha value is -0.950. The molecule has 0 aliphatic rings. The predicted molar refractivity (Wildman–Crippen MR) is 63.2 cm³/mol. The Morgan fingerprint density at radius 3 is 2.88 bits per heavy atom. The molecule has 0 spiro atoms. The number of hydrogen-bond acceptors (Lipinski definition) is 5. The van der Waals surface area contributed by atoms with Gasteiger partial charge in [0.2, 0.25) is 7.37 Å². The molecule has 0 saturated carbocycles. The van der Waals surface area contributed by atoms with Crippen molar-refractivity contribution in [1.29, 1.82) is 5.26 Å². The van der Waals surface area contributed by atoms with Crippen LogP contribution in [0.15, 0.2) is 17.5 Å². The molecule has 0 saturated heterocycles. The van der Waals surface area contributed by atoms with Crippen LogP contribution in [0.3, 0.4) is 0 Å². The number of rotatable bonds is 5. The van der Waals surface area contributed by atoms with Crippen LogP contribution in [0.4, 0.5) is 0 Å². The minimum absolute atomic E-state index is 0.226. The smallest absolute Gasteiger partial charge is 0.224 e. The maximum absolute atomic E-state index is 12.0. The Morgan fingerprint density at radius 1 is 1.75 bits per heavy atom. The highest BCUT2D eigenvalue weighted by Crippen LogP contribution is 2.49. The molecule has 4 nitrogen and oxygen atoms in total. The molecule has 1 aromatic rings. The molecule has 0 amide bonds. The number of hydrogen-bond donors (Lipinski definition) is 0. The standard InChI is InChI=1S/C10H12NO3PS/c1-3-14-15(2,13)8(7-11)10(12)9-5-4-6-16-9/h4-6,8H,3H2,1-2H3/t8-,15+/m1/s1. The SMILES string of the molecule is CCO[P@](C)(=O)[C@H](C#N)C(=O)c1cccs1. The average Bonchev–Trinajstić information content (AvgIpc) is 2.70. The van der Waals surface area contributed by atoms with Gasteiger partial charge in [-0.1, -0.05) is 6.07 Å². The average molecular weight is 257 g/mol. The molecule has 0 aliphatic heterocycles. The van der Waals surface area contributed by atoms with Gasteiger partial charge in [0.1, 0.15) is 0 Å². The van der Waals surface area contributed by atoms with Crippen molar-refractivity contribution >= 4 is 24.5 Å². The molecule has 0 fully saturated rings. The molecular formula is C10H12NO3PS. The molecule has 0 aliphatic carbocycles. The second-order valence-electron chi connectivity index (χ2n) is 3.20. The van der Waals surface area contributed by atoms with E-state index >= 15 is 0 Å². The van der Waals surface area contributed by atoms with E-state index in [-0.39, 0.29) is 6.61 Å². The van der Waals surface area contributed by atoms with Gasteiger partial charge in [0.05, 0.1) is 17.6 Å². The van der Waals surface area contributed by atoms with Gasteiger partial charge < -0.3 is 4.52 Å². The molecule has 1 heterocycles. The van der Waals surface area contributed by atoms with Crippen molar-refractivity contribution in [3.05, 3.63) is 22.4 Å². The summed E-state index contributed by atoms with van der Waals surface area (Å²) in [7, 11) is -3.20. The minimum atomic E-state index is -3.20. The van der Waals surface area contributed by atoms with Crippen molar-refractivity contribution in [3.8, 4) is 6.07 Å². The van der Waals surface area contributed by atoms with Crippen LogP contribution in [0.25, 0.3) is 0 Å². The van der Waals surface area contributed by atoms with Gasteiger partial charge in [0.15, 0.2) is 11.4 Å². The van der Waals surface area contributed by atoms with Crippen LogP contribution in [-0.2, 0) is 9.09 Å². The summed E-state index contributed by atoms with van der Waals surface area (Å²) in [6, 6.07) is 5.11. The maximum atomic E-state index is 12.0. The summed E-state index contributed by atoms with van der Waals surface area (Å²) < 4.78 is 17.0. The lowest BCUT2D eigenvalue weighted by molar-refractivity contribution is 0.1000. The monoisotopic (exact) mass is 257 g/mol. The summed E-state index contributed by atoms with van der Waals surface area (Å²) in [6.07, 6.45) is 0. The number of thiophene rings is 1.